The highest BCUT2D eigenvalue weighted by molar-refractivity contribution is 6.28. The van der Waals surface area contributed by atoms with E-state index < -0.39 is 5.97 Å². The van der Waals surface area contributed by atoms with Crippen LogP contribution in [0.25, 0.3) is 0 Å². The first-order chi connectivity index (χ1) is 7.62. The molecule has 0 aliphatic rings. The third kappa shape index (κ3) is 2.82. The minimum atomic E-state index is -0.516. The lowest BCUT2D eigenvalue weighted by molar-refractivity contribution is 0.0594. The van der Waals surface area contributed by atoms with Crippen molar-refractivity contribution >= 4 is 23.4 Å². The molecule has 1 rings (SSSR count). The summed E-state index contributed by atoms with van der Waals surface area (Å²) < 4.78 is 4.59. The Morgan fingerprint density at radius 3 is 2.56 bits per heavy atom. The Labute approximate surface area is 99.4 Å². The highest BCUT2D eigenvalue weighted by atomic mass is 35.5. The predicted molar refractivity (Wildman–Crippen MR) is 61.9 cm³/mol. The van der Waals surface area contributed by atoms with E-state index in [1.54, 1.807) is 6.07 Å². The summed E-state index contributed by atoms with van der Waals surface area (Å²) in [5, 5.41) is 0.0461. The van der Waals surface area contributed by atoms with Crippen molar-refractivity contribution in [3.8, 4) is 0 Å². The van der Waals surface area contributed by atoms with Gasteiger partial charge in [-0.1, -0.05) is 0 Å². The van der Waals surface area contributed by atoms with Gasteiger partial charge in [-0.2, -0.15) is 0 Å². The van der Waals surface area contributed by atoms with Gasteiger partial charge in [0.2, 0.25) is 5.28 Å². The number of carbonyl (C=O) groups excluding carboxylic acids is 1. The minimum Gasteiger partial charge on any atom is -0.464 e. The van der Waals surface area contributed by atoms with Crippen molar-refractivity contribution in [3.63, 3.8) is 0 Å². The van der Waals surface area contributed by atoms with Crippen LogP contribution in [-0.2, 0) is 4.74 Å². The Balaban J connectivity index is 3.11. The van der Waals surface area contributed by atoms with Crippen LogP contribution in [0.15, 0.2) is 6.07 Å². The average molecular weight is 244 g/mol. The van der Waals surface area contributed by atoms with E-state index in [4.69, 9.17) is 11.6 Å². The molecular weight excluding hydrogens is 230 g/mol. The topological polar surface area (TPSA) is 55.3 Å². The van der Waals surface area contributed by atoms with Gasteiger partial charge in [0, 0.05) is 19.2 Å². The molecule has 0 atom stereocenters. The van der Waals surface area contributed by atoms with Crippen LogP contribution in [0.5, 0.6) is 0 Å². The molecular formula is C10H14ClN3O2. The van der Waals surface area contributed by atoms with E-state index in [-0.39, 0.29) is 11.0 Å². The van der Waals surface area contributed by atoms with Gasteiger partial charge in [0.15, 0.2) is 5.69 Å². The second-order valence-corrected chi connectivity index (χ2v) is 3.38. The van der Waals surface area contributed by atoms with Gasteiger partial charge in [0.05, 0.1) is 7.11 Å². The average Bonchev–Trinajstić information content (AvgIpc) is 2.29. The van der Waals surface area contributed by atoms with Crippen LogP contribution in [0, 0.1) is 0 Å². The number of esters is 1. The zero-order valence-electron chi connectivity index (χ0n) is 9.53. The lowest BCUT2D eigenvalue weighted by Crippen LogP contribution is -2.23. The van der Waals surface area contributed by atoms with Crippen molar-refractivity contribution in [2.45, 2.75) is 13.8 Å². The Morgan fingerprint density at radius 1 is 1.44 bits per heavy atom. The van der Waals surface area contributed by atoms with E-state index in [0.29, 0.717) is 5.82 Å². The van der Waals surface area contributed by atoms with Crippen LogP contribution in [0.3, 0.4) is 0 Å². The molecule has 1 aromatic heterocycles. The van der Waals surface area contributed by atoms with E-state index >= 15 is 0 Å². The zero-order chi connectivity index (χ0) is 12.1. The van der Waals surface area contributed by atoms with Crippen LogP contribution in [0.1, 0.15) is 24.3 Å². The van der Waals surface area contributed by atoms with E-state index in [0.717, 1.165) is 13.1 Å². The molecule has 0 spiro atoms. The highest BCUT2D eigenvalue weighted by Crippen LogP contribution is 2.15. The second-order valence-electron chi connectivity index (χ2n) is 3.04. The second kappa shape index (κ2) is 5.65. The Kier molecular flexibility index (Phi) is 4.49. The molecule has 0 aliphatic carbocycles. The molecule has 0 aliphatic heterocycles. The first kappa shape index (κ1) is 12.7. The van der Waals surface area contributed by atoms with E-state index in [1.807, 2.05) is 18.7 Å². The van der Waals surface area contributed by atoms with Crippen LogP contribution >= 0.6 is 11.6 Å². The van der Waals surface area contributed by atoms with Gasteiger partial charge in [0.25, 0.3) is 0 Å². The summed E-state index contributed by atoms with van der Waals surface area (Å²) in [6.07, 6.45) is 0. The maximum atomic E-state index is 11.3. The Bertz CT molecular complexity index is 380. The van der Waals surface area contributed by atoms with Gasteiger partial charge in [-0.3, -0.25) is 0 Å². The van der Waals surface area contributed by atoms with Crippen molar-refractivity contribution in [3.05, 3.63) is 17.0 Å². The SMILES string of the molecule is CCN(CC)c1cc(C(=O)OC)nc(Cl)n1. The standard InChI is InChI=1S/C10H14ClN3O2/c1-4-14(5-2)8-6-7(9(15)16-3)12-10(11)13-8/h6H,4-5H2,1-3H3. The third-order valence-electron chi connectivity index (χ3n) is 2.17. The molecule has 0 N–H and O–H groups in total. The largest absolute Gasteiger partial charge is 0.464 e. The zero-order valence-corrected chi connectivity index (χ0v) is 10.3. The van der Waals surface area contributed by atoms with Crippen molar-refractivity contribution < 1.29 is 9.53 Å². The summed E-state index contributed by atoms with van der Waals surface area (Å²) in [7, 11) is 1.30. The fraction of sp³-hybridized carbons (Fsp3) is 0.500. The molecule has 1 heterocycles. The van der Waals surface area contributed by atoms with Crippen molar-refractivity contribution in [1.82, 2.24) is 9.97 Å². The Morgan fingerprint density at radius 2 is 2.06 bits per heavy atom. The monoisotopic (exact) mass is 243 g/mol. The first-order valence-electron chi connectivity index (χ1n) is 5.00. The molecule has 0 radical (unpaired) electrons. The van der Waals surface area contributed by atoms with Crippen molar-refractivity contribution in [2.75, 3.05) is 25.1 Å². The number of nitrogens with zero attached hydrogens (tertiary/aromatic N) is 3. The Hall–Kier alpha value is -1.36. The molecule has 6 heteroatoms. The molecule has 5 nitrogen and oxygen atoms in total. The smallest absolute Gasteiger partial charge is 0.356 e. The molecule has 16 heavy (non-hydrogen) atoms. The van der Waals surface area contributed by atoms with Crippen LogP contribution in [0.4, 0.5) is 5.82 Å². The molecule has 0 aromatic carbocycles. The number of ether oxygens (including phenoxy) is 1. The summed E-state index contributed by atoms with van der Waals surface area (Å²) in [4.78, 5) is 21.2. The van der Waals surface area contributed by atoms with E-state index in [2.05, 4.69) is 14.7 Å². The van der Waals surface area contributed by atoms with Gasteiger partial charge < -0.3 is 9.64 Å². The number of aromatic nitrogens is 2. The van der Waals surface area contributed by atoms with Gasteiger partial charge in [-0.15, -0.1) is 0 Å². The number of anilines is 1. The molecule has 0 saturated heterocycles. The lowest BCUT2D eigenvalue weighted by atomic mass is 10.3. The quantitative estimate of drug-likeness (QED) is 0.596. The van der Waals surface area contributed by atoms with Crippen LogP contribution in [0.2, 0.25) is 5.28 Å². The molecule has 0 unspecified atom stereocenters. The number of hydrogen-bond acceptors (Lipinski definition) is 5. The maximum absolute atomic E-state index is 11.3. The molecule has 0 bridgehead atoms. The van der Waals surface area contributed by atoms with Gasteiger partial charge >= 0.3 is 5.97 Å². The van der Waals surface area contributed by atoms with E-state index in [9.17, 15) is 4.79 Å². The molecule has 1 aromatic rings. The third-order valence-corrected chi connectivity index (χ3v) is 2.34. The molecule has 0 saturated carbocycles. The number of carbonyl (C=O) groups is 1. The number of halogens is 1. The van der Waals surface area contributed by atoms with Gasteiger partial charge in [-0.25, -0.2) is 14.8 Å². The fourth-order valence-electron chi connectivity index (χ4n) is 1.32. The summed E-state index contributed by atoms with van der Waals surface area (Å²) in [5.41, 5.74) is 0.171. The summed E-state index contributed by atoms with van der Waals surface area (Å²) >= 11 is 5.75. The molecule has 0 amide bonds. The van der Waals surface area contributed by atoms with Crippen LogP contribution < -0.4 is 4.90 Å². The lowest BCUT2D eigenvalue weighted by Gasteiger charge is -2.19. The number of rotatable bonds is 4. The molecule has 88 valence electrons. The fourth-order valence-corrected chi connectivity index (χ4v) is 1.50. The predicted octanol–water partition coefficient (Wildman–Crippen LogP) is 1.76. The molecule has 0 fully saturated rings. The van der Waals surface area contributed by atoms with Crippen LogP contribution in [-0.4, -0.2) is 36.1 Å². The summed E-state index contributed by atoms with van der Waals surface area (Å²) in [6, 6.07) is 1.57. The van der Waals surface area contributed by atoms with Gasteiger partial charge in [-0.05, 0) is 25.4 Å². The number of hydrogen-bond donors (Lipinski definition) is 0. The first-order valence-corrected chi connectivity index (χ1v) is 5.38. The van der Waals surface area contributed by atoms with Crippen molar-refractivity contribution in [2.24, 2.45) is 0 Å². The summed E-state index contributed by atoms with van der Waals surface area (Å²) in [6.45, 7) is 5.56. The number of methoxy groups -OCH3 is 1. The highest BCUT2D eigenvalue weighted by Gasteiger charge is 2.13. The van der Waals surface area contributed by atoms with E-state index in [1.165, 1.54) is 7.11 Å². The summed E-state index contributed by atoms with van der Waals surface area (Å²) in [5.74, 6) is 0.114. The van der Waals surface area contributed by atoms with Crippen molar-refractivity contribution in [1.29, 1.82) is 0 Å². The normalized spacial score (nSPS) is 10.0. The maximum Gasteiger partial charge on any atom is 0.356 e. The van der Waals surface area contributed by atoms with Gasteiger partial charge in [0.1, 0.15) is 5.82 Å². The minimum absolute atomic E-state index is 0.0461.